The second-order valence-electron chi connectivity index (χ2n) is 7.41. The fourth-order valence-electron chi connectivity index (χ4n) is 4.61. The highest BCUT2D eigenvalue weighted by molar-refractivity contribution is 6.21. The van der Waals surface area contributed by atoms with Crippen molar-refractivity contribution >= 4 is 21.7 Å². The predicted molar refractivity (Wildman–Crippen MR) is 117 cm³/mol. The molecular weight excluding hydrogens is 326 g/mol. The Bertz CT molecular complexity index is 1260. The number of para-hydroxylation sites is 1. The Kier molecular flexibility index (Phi) is 3.58. The van der Waals surface area contributed by atoms with Crippen LogP contribution in [0, 0.1) is 6.92 Å². The fraction of sp³-hybridized carbons (Fsp3) is 0.154. The molecule has 0 unspecified atom stereocenters. The van der Waals surface area contributed by atoms with Crippen LogP contribution < -0.4 is 0 Å². The summed E-state index contributed by atoms with van der Waals surface area (Å²) in [7, 11) is 2.20. The second kappa shape index (κ2) is 5.99. The quantitative estimate of drug-likeness (QED) is 0.324. The van der Waals surface area contributed by atoms with Gasteiger partial charge < -0.3 is 4.57 Å². The Hall–Kier alpha value is -3.06. The first-order valence-corrected chi connectivity index (χ1v) is 9.68. The zero-order valence-electron chi connectivity index (χ0n) is 16.1. The number of pyridine rings is 1. The molecule has 0 fully saturated rings. The standard InChI is InChI=1S/C26H23N/c1-4-22-25-20-10-6-5-9-19(20)24(18-15-13-17(2)14-16-18)26(25)21-11-7-8-12-23(21)27(22)3/h5-16H,4H2,1-3H3. The maximum atomic E-state index is 2.38. The average molecular weight is 349 g/mol. The van der Waals surface area contributed by atoms with Crippen LogP contribution in [-0.2, 0) is 13.5 Å². The van der Waals surface area contributed by atoms with Crippen LogP contribution in [0.15, 0.2) is 72.8 Å². The lowest BCUT2D eigenvalue weighted by Gasteiger charge is -2.19. The van der Waals surface area contributed by atoms with Crippen molar-refractivity contribution in [1.29, 1.82) is 0 Å². The summed E-state index contributed by atoms with van der Waals surface area (Å²) in [6, 6.07) is 26.7. The Labute approximate surface area is 160 Å². The molecule has 2 aliphatic rings. The van der Waals surface area contributed by atoms with Crippen LogP contribution in [0.2, 0.25) is 0 Å². The van der Waals surface area contributed by atoms with Crippen molar-refractivity contribution in [2.75, 3.05) is 0 Å². The molecule has 1 heteroatoms. The maximum Gasteiger partial charge on any atom is 0.0485 e. The van der Waals surface area contributed by atoms with Crippen molar-refractivity contribution in [3.8, 4) is 22.3 Å². The fourth-order valence-corrected chi connectivity index (χ4v) is 4.61. The number of aryl methyl sites for hydroxylation is 2. The van der Waals surface area contributed by atoms with Gasteiger partial charge in [0.2, 0.25) is 0 Å². The van der Waals surface area contributed by atoms with E-state index in [9.17, 15) is 0 Å². The van der Waals surface area contributed by atoms with E-state index >= 15 is 0 Å². The molecule has 0 radical (unpaired) electrons. The summed E-state index contributed by atoms with van der Waals surface area (Å²) in [5, 5.41) is 4.04. The van der Waals surface area contributed by atoms with Crippen LogP contribution in [0.1, 0.15) is 18.2 Å². The maximum absolute atomic E-state index is 2.38. The van der Waals surface area contributed by atoms with Gasteiger partial charge in [0.1, 0.15) is 0 Å². The summed E-state index contributed by atoms with van der Waals surface area (Å²) in [5.41, 5.74) is 9.46. The van der Waals surface area contributed by atoms with E-state index in [1.807, 2.05) is 0 Å². The number of benzene rings is 3. The third-order valence-electron chi connectivity index (χ3n) is 5.87. The van der Waals surface area contributed by atoms with Gasteiger partial charge in [-0.1, -0.05) is 79.2 Å². The Morgan fingerprint density at radius 1 is 0.667 bits per heavy atom. The Balaban J connectivity index is 2.07. The lowest BCUT2D eigenvalue weighted by atomic mass is 9.93. The predicted octanol–water partition coefficient (Wildman–Crippen LogP) is 6.97. The van der Waals surface area contributed by atoms with E-state index < -0.39 is 0 Å². The van der Waals surface area contributed by atoms with Crippen LogP contribution in [0.25, 0.3) is 43.9 Å². The third kappa shape index (κ3) is 2.24. The number of fused-ring (bicyclic) bond motifs is 5. The van der Waals surface area contributed by atoms with Crippen molar-refractivity contribution in [1.82, 2.24) is 4.57 Å². The van der Waals surface area contributed by atoms with Crippen LogP contribution in [0.4, 0.5) is 0 Å². The Morgan fingerprint density at radius 2 is 1.26 bits per heavy atom. The molecule has 3 aromatic rings. The van der Waals surface area contributed by atoms with Gasteiger partial charge in [0, 0.05) is 34.8 Å². The molecule has 1 nitrogen and oxygen atoms in total. The molecule has 0 aromatic heterocycles. The molecule has 27 heavy (non-hydrogen) atoms. The van der Waals surface area contributed by atoms with Crippen molar-refractivity contribution in [3.05, 3.63) is 84.1 Å². The number of aromatic nitrogens is 1. The van der Waals surface area contributed by atoms with E-state index in [0.29, 0.717) is 0 Å². The first-order valence-electron chi connectivity index (χ1n) is 9.68. The minimum atomic E-state index is 1.01. The van der Waals surface area contributed by atoms with Crippen LogP contribution >= 0.6 is 0 Å². The van der Waals surface area contributed by atoms with Gasteiger partial charge in [0.25, 0.3) is 0 Å². The van der Waals surface area contributed by atoms with Gasteiger partial charge in [-0.2, -0.15) is 0 Å². The summed E-state index contributed by atoms with van der Waals surface area (Å²) < 4.78 is 2.38. The molecule has 1 aliphatic carbocycles. The van der Waals surface area contributed by atoms with Crippen molar-refractivity contribution < 1.29 is 0 Å². The SMILES string of the molecule is CCc1c2c3ccccc3c(-c3ccc(C)cc3)c-2c2ccccc2n1C. The minimum Gasteiger partial charge on any atom is -0.347 e. The van der Waals surface area contributed by atoms with E-state index in [1.165, 1.54) is 55.2 Å². The van der Waals surface area contributed by atoms with Crippen molar-refractivity contribution in [3.63, 3.8) is 0 Å². The molecule has 0 atom stereocenters. The molecule has 5 rings (SSSR count). The largest absolute Gasteiger partial charge is 0.347 e. The highest BCUT2D eigenvalue weighted by Gasteiger charge is 2.25. The van der Waals surface area contributed by atoms with Crippen LogP contribution in [0.3, 0.4) is 0 Å². The molecule has 0 saturated heterocycles. The number of hydrogen-bond donors (Lipinski definition) is 0. The lowest BCUT2D eigenvalue weighted by molar-refractivity contribution is 0.854. The zero-order chi connectivity index (χ0) is 18.5. The summed E-state index contributed by atoms with van der Waals surface area (Å²) in [5.74, 6) is 0. The lowest BCUT2D eigenvalue weighted by Crippen LogP contribution is -2.05. The molecule has 1 heterocycles. The molecule has 0 amide bonds. The number of nitrogens with zero attached hydrogens (tertiary/aromatic N) is 1. The summed E-state index contributed by atoms with van der Waals surface area (Å²) in [6.07, 6.45) is 1.01. The van der Waals surface area contributed by atoms with E-state index in [0.717, 1.165) is 6.42 Å². The van der Waals surface area contributed by atoms with Gasteiger partial charge in [-0.15, -0.1) is 0 Å². The molecule has 0 N–H and O–H groups in total. The average Bonchev–Trinajstić information content (AvgIpc) is 3.05. The van der Waals surface area contributed by atoms with Gasteiger partial charge in [0.05, 0.1) is 0 Å². The molecular formula is C26H23N. The normalized spacial score (nSPS) is 11.7. The van der Waals surface area contributed by atoms with E-state index in [1.54, 1.807) is 0 Å². The summed E-state index contributed by atoms with van der Waals surface area (Å²) >= 11 is 0. The van der Waals surface area contributed by atoms with Gasteiger partial charge in [0.15, 0.2) is 0 Å². The first-order chi connectivity index (χ1) is 13.2. The van der Waals surface area contributed by atoms with Gasteiger partial charge in [-0.05, 0) is 41.3 Å². The van der Waals surface area contributed by atoms with E-state index in [2.05, 4.69) is 98.3 Å². The smallest absolute Gasteiger partial charge is 0.0485 e. The van der Waals surface area contributed by atoms with Gasteiger partial charge in [-0.3, -0.25) is 0 Å². The molecule has 1 aliphatic heterocycles. The molecule has 0 spiro atoms. The molecule has 0 bridgehead atoms. The monoisotopic (exact) mass is 349 g/mol. The third-order valence-corrected chi connectivity index (χ3v) is 5.87. The Morgan fingerprint density at radius 3 is 1.93 bits per heavy atom. The van der Waals surface area contributed by atoms with E-state index in [4.69, 9.17) is 0 Å². The first kappa shape index (κ1) is 16.1. The van der Waals surface area contributed by atoms with Gasteiger partial charge in [-0.25, -0.2) is 0 Å². The van der Waals surface area contributed by atoms with Crippen molar-refractivity contribution in [2.45, 2.75) is 20.3 Å². The van der Waals surface area contributed by atoms with Gasteiger partial charge >= 0.3 is 0 Å². The van der Waals surface area contributed by atoms with E-state index in [-0.39, 0.29) is 0 Å². The zero-order valence-corrected chi connectivity index (χ0v) is 16.1. The highest BCUT2D eigenvalue weighted by atomic mass is 14.9. The highest BCUT2D eigenvalue weighted by Crippen LogP contribution is 2.49. The van der Waals surface area contributed by atoms with Crippen LogP contribution in [0.5, 0.6) is 0 Å². The number of rotatable bonds is 2. The second-order valence-corrected chi connectivity index (χ2v) is 7.41. The van der Waals surface area contributed by atoms with Crippen molar-refractivity contribution in [2.24, 2.45) is 7.05 Å². The molecule has 0 saturated carbocycles. The summed E-state index contributed by atoms with van der Waals surface area (Å²) in [6.45, 7) is 4.41. The number of hydrogen-bond acceptors (Lipinski definition) is 0. The minimum absolute atomic E-state index is 1.01. The molecule has 3 aromatic carbocycles. The topological polar surface area (TPSA) is 4.93 Å². The molecule has 132 valence electrons. The summed E-state index contributed by atoms with van der Waals surface area (Å²) in [4.78, 5) is 0. The van der Waals surface area contributed by atoms with Crippen LogP contribution in [-0.4, -0.2) is 4.57 Å².